The topological polar surface area (TPSA) is 66.2 Å². The Labute approximate surface area is 216 Å². The number of imidazole rings is 1. The van der Waals surface area contributed by atoms with Gasteiger partial charge in [0.1, 0.15) is 3.70 Å². The Balaban J connectivity index is 1.83. The summed E-state index contributed by atoms with van der Waals surface area (Å²) in [5.74, 6) is 0.100. The van der Waals surface area contributed by atoms with Gasteiger partial charge in [-0.15, -0.1) is 0 Å². The first-order valence-electron chi connectivity index (χ1n) is 11.3. The number of nitrogens with zero attached hydrogens (tertiary/aromatic N) is 3. The van der Waals surface area contributed by atoms with E-state index >= 15 is 0 Å². The fourth-order valence-corrected chi connectivity index (χ4v) is 6.59. The summed E-state index contributed by atoms with van der Waals surface area (Å²) in [6, 6.07) is 4.03. The zero-order valence-electron chi connectivity index (χ0n) is 20.3. The van der Waals surface area contributed by atoms with Crippen molar-refractivity contribution < 1.29 is 14.0 Å². The number of esters is 1. The lowest BCUT2D eigenvalue weighted by Gasteiger charge is -2.36. The van der Waals surface area contributed by atoms with Gasteiger partial charge in [-0.05, 0) is 78.0 Å². The summed E-state index contributed by atoms with van der Waals surface area (Å²) in [6.07, 6.45) is 10.4. The Bertz CT molecular complexity index is 989. The maximum absolute atomic E-state index is 11.4. The molecule has 0 spiro atoms. The Hall–Kier alpha value is -1.17. The first-order chi connectivity index (χ1) is 15.5. The van der Waals surface area contributed by atoms with Crippen LogP contribution in [-0.2, 0) is 20.6 Å². The summed E-state index contributed by atoms with van der Waals surface area (Å²) >= 11 is 4.14. The van der Waals surface area contributed by atoms with E-state index in [1.165, 1.54) is 7.11 Å². The summed E-state index contributed by atoms with van der Waals surface area (Å²) in [7, 11) is -0.495. The molecule has 1 aliphatic rings. The van der Waals surface area contributed by atoms with Crippen molar-refractivity contribution in [3.8, 4) is 5.69 Å². The lowest BCUT2D eigenvalue weighted by atomic mass is 10.1. The number of rotatable bonds is 8. The number of ether oxygens (including phenoxy) is 1. The standard InChI is InChI=1S/C24H34IN3O3SSi/c1-24(2,3)33(5,6)31-16-20-22(25)27-23(28(20)18-8-7-13-26-15-18)32-19-11-9-17(14-19)10-12-21(29)30-4/h7-8,10,12-13,15,17,19H,9,11,14,16H2,1-6H3/b12-10+. The molecule has 3 rings (SSSR count). The van der Waals surface area contributed by atoms with Crippen molar-refractivity contribution in [1.29, 1.82) is 0 Å². The summed E-state index contributed by atoms with van der Waals surface area (Å²) in [5, 5.41) is 1.56. The third-order valence-electron chi connectivity index (χ3n) is 6.58. The molecule has 180 valence electrons. The lowest BCUT2D eigenvalue weighted by molar-refractivity contribution is -0.134. The third kappa shape index (κ3) is 6.70. The van der Waals surface area contributed by atoms with Crippen LogP contribution in [0.1, 0.15) is 45.7 Å². The number of allylic oxidation sites excluding steroid dienone is 1. The van der Waals surface area contributed by atoms with Gasteiger partial charge in [-0.25, -0.2) is 9.78 Å². The normalized spacial score (nSPS) is 19.4. The third-order valence-corrected chi connectivity index (χ3v) is 13.2. The monoisotopic (exact) mass is 599 g/mol. The van der Waals surface area contributed by atoms with Crippen LogP contribution in [-0.4, -0.2) is 41.2 Å². The number of aromatic nitrogens is 3. The summed E-state index contributed by atoms with van der Waals surface area (Å²) in [6.45, 7) is 11.9. The smallest absolute Gasteiger partial charge is 0.330 e. The van der Waals surface area contributed by atoms with Crippen molar-refractivity contribution in [3.05, 3.63) is 46.1 Å². The summed E-state index contributed by atoms with van der Waals surface area (Å²) < 4.78 is 14.5. The molecule has 1 fully saturated rings. The Morgan fingerprint density at radius 3 is 2.76 bits per heavy atom. The average Bonchev–Trinajstić information content (AvgIpc) is 3.34. The second-order valence-corrected chi connectivity index (χ2v) is 17.0. The molecule has 2 aromatic rings. The molecule has 2 aromatic heterocycles. The average molecular weight is 600 g/mol. The number of carbonyl (C=O) groups excluding carboxylic acids is 1. The molecule has 33 heavy (non-hydrogen) atoms. The highest BCUT2D eigenvalue weighted by molar-refractivity contribution is 14.1. The van der Waals surface area contributed by atoms with Gasteiger partial charge in [0.2, 0.25) is 0 Å². The van der Waals surface area contributed by atoms with Gasteiger partial charge in [0, 0.05) is 17.5 Å². The van der Waals surface area contributed by atoms with Crippen molar-refractivity contribution >= 4 is 48.6 Å². The fourth-order valence-electron chi connectivity index (χ4n) is 3.51. The lowest BCUT2D eigenvalue weighted by Crippen LogP contribution is -2.40. The van der Waals surface area contributed by atoms with Gasteiger partial charge in [0.15, 0.2) is 13.5 Å². The van der Waals surface area contributed by atoms with E-state index < -0.39 is 8.32 Å². The highest BCUT2D eigenvalue weighted by atomic mass is 127. The zero-order chi connectivity index (χ0) is 24.2. The first kappa shape index (κ1) is 26.4. The van der Waals surface area contributed by atoms with E-state index in [2.05, 4.69) is 72.1 Å². The molecule has 0 N–H and O–H groups in total. The van der Waals surface area contributed by atoms with Crippen LogP contribution in [0.25, 0.3) is 5.69 Å². The maximum atomic E-state index is 11.4. The van der Waals surface area contributed by atoms with Crippen LogP contribution >= 0.6 is 34.4 Å². The summed E-state index contributed by atoms with van der Waals surface area (Å²) in [5.41, 5.74) is 2.08. The quantitative estimate of drug-likeness (QED) is 0.152. The van der Waals surface area contributed by atoms with Crippen molar-refractivity contribution in [2.75, 3.05) is 7.11 Å². The van der Waals surface area contributed by atoms with Crippen LogP contribution in [0.4, 0.5) is 0 Å². The van der Waals surface area contributed by atoms with Gasteiger partial charge in [0.05, 0.1) is 31.3 Å². The van der Waals surface area contributed by atoms with E-state index in [1.807, 2.05) is 30.1 Å². The number of pyridine rings is 1. The highest BCUT2D eigenvalue weighted by Crippen LogP contribution is 2.41. The Morgan fingerprint density at radius 1 is 1.36 bits per heavy atom. The van der Waals surface area contributed by atoms with Crippen molar-refractivity contribution in [2.45, 2.75) is 75.2 Å². The van der Waals surface area contributed by atoms with Gasteiger partial charge in [-0.2, -0.15) is 0 Å². The highest BCUT2D eigenvalue weighted by Gasteiger charge is 2.38. The van der Waals surface area contributed by atoms with Gasteiger partial charge < -0.3 is 9.16 Å². The van der Waals surface area contributed by atoms with Crippen LogP contribution in [0.5, 0.6) is 0 Å². The van der Waals surface area contributed by atoms with Crippen LogP contribution in [0.15, 0.2) is 41.8 Å². The Kier molecular flexibility index (Phi) is 8.85. The molecule has 1 saturated carbocycles. The van der Waals surface area contributed by atoms with Crippen LogP contribution < -0.4 is 0 Å². The molecule has 0 saturated heterocycles. The molecule has 9 heteroatoms. The molecule has 0 aliphatic heterocycles. The SMILES string of the molecule is COC(=O)/C=C/C1CCC(Sc2nc(I)c(CO[Si](C)(C)C(C)(C)C)n2-c2cccnc2)C1. The zero-order valence-corrected chi connectivity index (χ0v) is 24.3. The largest absolute Gasteiger partial charge is 0.466 e. The molecule has 2 unspecified atom stereocenters. The number of halogens is 1. The Morgan fingerprint density at radius 2 is 2.12 bits per heavy atom. The molecule has 0 aromatic carbocycles. The van der Waals surface area contributed by atoms with Gasteiger partial charge >= 0.3 is 5.97 Å². The molecule has 0 radical (unpaired) electrons. The predicted octanol–water partition coefficient (Wildman–Crippen LogP) is 6.38. The van der Waals surface area contributed by atoms with Gasteiger partial charge in [-0.1, -0.05) is 38.6 Å². The first-order valence-corrected chi connectivity index (χ1v) is 16.1. The number of hydrogen-bond acceptors (Lipinski definition) is 6. The maximum Gasteiger partial charge on any atom is 0.330 e. The predicted molar refractivity (Wildman–Crippen MR) is 144 cm³/mol. The minimum absolute atomic E-state index is 0.145. The minimum atomic E-state index is -1.90. The van der Waals surface area contributed by atoms with E-state index in [-0.39, 0.29) is 11.0 Å². The van der Waals surface area contributed by atoms with E-state index in [0.29, 0.717) is 17.8 Å². The van der Waals surface area contributed by atoms with Crippen molar-refractivity contribution in [3.63, 3.8) is 0 Å². The van der Waals surface area contributed by atoms with E-state index in [1.54, 1.807) is 12.3 Å². The van der Waals surface area contributed by atoms with E-state index in [4.69, 9.17) is 14.1 Å². The molecular formula is C24H34IN3O3SSi. The number of thioether (sulfide) groups is 1. The molecule has 0 bridgehead atoms. The van der Waals surface area contributed by atoms with Gasteiger partial charge in [-0.3, -0.25) is 9.55 Å². The molecule has 0 amide bonds. The number of methoxy groups -OCH3 is 1. The molecule has 2 atom stereocenters. The molecule has 6 nitrogen and oxygen atoms in total. The minimum Gasteiger partial charge on any atom is -0.466 e. The number of hydrogen-bond donors (Lipinski definition) is 0. The van der Waals surface area contributed by atoms with E-state index in [0.717, 1.165) is 39.5 Å². The fraction of sp³-hybridized carbons (Fsp3) is 0.542. The van der Waals surface area contributed by atoms with Crippen molar-refractivity contribution in [1.82, 2.24) is 14.5 Å². The number of carbonyl (C=O) groups is 1. The van der Waals surface area contributed by atoms with E-state index in [9.17, 15) is 4.79 Å². The van der Waals surface area contributed by atoms with Crippen LogP contribution in [0, 0.1) is 9.62 Å². The van der Waals surface area contributed by atoms with Crippen LogP contribution in [0.3, 0.4) is 0 Å². The summed E-state index contributed by atoms with van der Waals surface area (Å²) in [4.78, 5) is 20.7. The molecule has 2 heterocycles. The second-order valence-electron chi connectivity index (χ2n) is 9.92. The second kappa shape index (κ2) is 11.0. The molecule has 1 aliphatic carbocycles. The van der Waals surface area contributed by atoms with Gasteiger partial charge in [0.25, 0.3) is 0 Å². The van der Waals surface area contributed by atoms with Crippen molar-refractivity contribution in [2.24, 2.45) is 5.92 Å². The molecular weight excluding hydrogens is 565 g/mol. The van der Waals surface area contributed by atoms with Crippen LogP contribution in [0.2, 0.25) is 18.1 Å².